The van der Waals surface area contributed by atoms with E-state index in [1.165, 1.54) is 13.3 Å². The van der Waals surface area contributed by atoms with Crippen molar-refractivity contribution in [2.75, 3.05) is 7.11 Å². The molecule has 10 nitrogen and oxygen atoms in total. The number of amides is 1. The molecule has 0 aliphatic carbocycles. The van der Waals surface area contributed by atoms with Gasteiger partial charge in [0.1, 0.15) is 5.75 Å². The Bertz CT molecular complexity index is 815. The number of nitro groups is 2. The number of hydrogen-bond donors (Lipinski definition) is 1. The number of benzene rings is 2. The Morgan fingerprint density at radius 1 is 1.08 bits per heavy atom. The molecule has 2 rings (SSSR count). The lowest BCUT2D eigenvalue weighted by Crippen LogP contribution is -2.18. The van der Waals surface area contributed by atoms with Gasteiger partial charge >= 0.3 is 0 Å². The van der Waals surface area contributed by atoms with Crippen LogP contribution >= 0.6 is 0 Å². The van der Waals surface area contributed by atoms with Gasteiger partial charge in [-0.2, -0.15) is 5.10 Å². The van der Waals surface area contributed by atoms with Crippen LogP contribution in [-0.4, -0.2) is 29.1 Å². The molecule has 0 atom stereocenters. The van der Waals surface area contributed by atoms with Gasteiger partial charge in [-0.1, -0.05) is 0 Å². The fourth-order valence-electron chi connectivity index (χ4n) is 1.86. The van der Waals surface area contributed by atoms with Crippen molar-refractivity contribution < 1.29 is 19.4 Å². The van der Waals surface area contributed by atoms with E-state index in [4.69, 9.17) is 4.74 Å². The largest absolute Gasteiger partial charge is 0.497 e. The van der Waals surface area contributed by atoms with Crippen LogP contribution in [0.4, 0.5) is 11.4 Å². The maximum atomic E-state index is 12.0. The van der Waals surface area contributed by atoms with Crippen LogP contribution in [0.2, 0.25) is 0 Å². The number of ether oxygens (including phenoxy) is 1. The Morgan fingerprint density at radius 3 is 2.12 bits per heavy atom. The number of nitrogens with zero attached hydrogens (tertiary/aromatic N) is 3. The first-order valence-corrected chi connectivity index (χ1v) is 6.82. The van der Waals surface area contributed by atoms with Crippen molar-refractivity contribution in [2.45, 2.75) is 0 Å². The summed E-state index contributed by atoms with van der Waals surface area (Å²) in [7, 11) is 1.53. The van der Waals surface area contributed by atoms with Crippen LogP contribution in [0.25, 0.3) is 0 Å². The summed E-state index contributed by atoms with van der Waals surface area (Å²) in [4.78, 5) is 32.0. The number of nitrogens with one attached hydrogen (secondary N) is 1. The van der Waals surface area contributed by atoms with E-state index in [1.807, 2.05) is 0 Å². The van der Waals surface area contributed by atoms with Gasteiger partial charge in [-0.3, -0.25) is 25.0 Å². The van der Waals surface area contributed by atoms with Gasteiger partial charge in [0.25, 0.3) is 17.3 Å². The van der Waals surface area contributed by atoms with E-state index in [0.29, 0.717) is 11.3 Å². The topological polar surface area (TPSA) is 137 Å². The number of nitro benzene ring substituents is 2. The summed E-state index contributed by atoms with van der Waals surface area (Å²) in [5.41, 5.74) is 1.48. The van der Waals surface area contributed by atoms with Crippen LogP contribution in [0.1, 0.15) is 15.9 Å². The average Bonchev–Trinajstić information content (AvgIpc) is 2.61. The molecule has 0 heterocycles. The monoisotopic (exact) mass is 344 g/mol. The molecule has 0 aromatic heterocycles. The first kappa shape index (κ1) is 17.5. The molecule has 2 aromatic carbocycles. The Labute approximate surface area is 141 Å². The predicted octanol–water partition coefficient (Wildman–Crippen LogP) is 2.28. The van der Waals surface area contributed by atoms with Gasteiger partial charge in [0, 0.05) is 12.1 Å². The van der Waals surface area contributed by atoms with Crippen molar-refractivity contribution >= 4 is 23.5 Å². The van der Waals surface area contributed by atoms with Gasteiger partial charge < -0.3 is 4.74 Å². The Morgan fingerprint density at radius 2 is 1.64 bits per heavy atom. The SMILES string of the molecule is COc1ccc(/C=N\NC(=O)c2cc([N+](=O)[O-])cc([N+](=O)[O-])c2)cc1. The molecule has 128 valence electrons. The molecule has 0 saturated carbocycles. The van der Waals surface area contributed by atoms with E-state index < -0.39 is 27.1 Å². The Hall–Kier alpha value is -3.82. The van der Waals surface area contributed by atoms with Crippen LogP contribution in [0.5, 0.6) is 5.75 Å². The second kappa shape index (κ2) is 7.64. The standard InChI is InChI=1S/C15H12N4O6/c1-25-14-4-2-10(3-5-14)9-16-17-15(20)11-6-12(18(21)22)8-13(7-11)19(23)24/h2-9H,1H3,(H,17,20)/b16-9-. The average molecular weight is 344 g/mol. The zero-order chi connectivity index (χ0) is 18.4. The number of hydrazone groups is 1. The van der Waals surface area contributed by atoms with E-state index in [-0.39, 0.29) is 5.56 Å². The summed E-state index contributed by atoms with van der Waals surface area (Å²) in [6, 6.07) is 9.45. The summed E-state index contributed by atoms with van der Waals surface area (Å²) >= 11 is 0. The van der Waals surface area contributed by atoms with Crippen molar-refractivity contribution in [1.29, 1.82) is 0 Å². The first-order valence-electron chi connectivity index (χ1n) is 6.82. The number of carbonyl (C=O) groups excluding carboxylic acids is 1. The molecule has 10 heteroatoms. The van der Waals surface area contributed by atoms with Crippen LogP contribution in [-0.2, 0) is 0 Å². The number of carbonyl (C=O) groups is 1. The highest BCUT2D eigenvalue weighted by Gasteiger charge is 2.19. The van der Waals surface area contributed by atoms with Crippen LogP contribution in [0, 0.1) is 20.2 Å². The molecule has 0 unspecified atom stereocenters. The summed E-state index contributed by atoms with van der Waals surface area (Å²) in [6.07, 6.45) is 1.35. The lowest BCUT2D eigenvalue weighted by molar-refractivity contribution is -0.394. The predicted molar refractivity (Wildman–Crippen MR) is 87.8 cm³/mol. The van der Waals surface area contributed by atoms with Crippen LogP contribution < -0.4 is 10.2 Å². The van der Waals surface area contributed by atoms with Crippen molar-refractivity contribution in [3.05, 3.63) is 73.8 Å². The highest BCUT2D eigenvalue weighted by Crippen LogP contribution is 2.22. The summed E-state index contributed by atoms with van der Waals surface area (Å²) in [6.45, 7) is 0. The number of methoxy groups -OCH3 is 1. The summed E-state index contributed by atoms with van der Waals surface area (Å²) < 4.78 is 5.01. The molecule has 0 saturated heterocycles. The molecule has 0 aliphatic rings. The highest BCUT2D eigenvalue weighted by atomic mass is 16.6. The lowest BCUT2D eigenvalue weighted by atomic mass is 10.1. The third-order valence-electron chi connectivity index (χ3n) is 3.08. The molecule has 1 N–H and O–H groups in total. The van der Waals surface area contributed by atoms with Crippen molar-refractivity contribution in [2.24, 2.45) is 5.10 Å². The minimum absolute atomic E-state index is 0.243. The molecule has 2 aromatic rings. The zero-order valence-corrected chi connectivity index (χ0v) is 12.9. The van der Waals surface area contributed by atoms with Gasteiger partial charge in [-0.05, 0) is 29.8 Å². The van der Waals surface area contributed by atoms with E-state index in [1.54, 1.807) is 24.3 Å². The van der Waals surface area contributed by atoms with Crippen molar-refractivity contribution in [3.63, 3.8) is 0 Å². The van der Waals surface area contributed by atoms with E-state index in [9.17, 15) is 25.0 Å². The maximum absolute atomic E-state index is 12.0. The highest BCUT2D eigenvalue weighted by molar-refractivity contribution is 5.96. The normalized spacial score (nSPS) is 10.4. The molecule has 1 amide bonds. The molecule has 0 radical (unpaired) electrons. The first-order chi connectivity index (χ1) is 11.9. The second-order valence-corrected chi connectivity index (χ2v) is 4.72. The number of rotatable bonds is 6. The second-order valence-electron chi connectivity index (χ2n) is 4.72. The van der Waals surface area contributed by atoms with Gasteiger partial charge in [-0.25, -0.2) is 5.43 Å². The third kappa shape index (κ3) is 4.58. The van der Waals surface area contributed by atoms with Crippen molar-refractivity contribution in [3.8, 4) is 5.75 Å². The molecular formula is C15H12N4O6. The Balaban J connectivity index is 2.15. The fourth-order valence-corrected chi connectivity index (χ4v) is 1.86. The molecule has 0 spiro atoms. The van der Waals surface area contributed by atoms with E-state index in [0.717, 1.165) is 18.2 Å². The summed E-state index contributed by atoms with van der Waals surface area (Å²) in [5.74, 6) is -0.151. The van der Waals surface area contributed by atoms with Gasteiger partial charge in [0.15, 0.2) is 0 Å². The van der Waals surface area contributed by atoms with Gasteiger partial charge in [-0.15, -0.1) is 0 Å². The molecule has 0 fully saturated rings. The quantitative estimate of drug-likeness (QED) is 0.485. The maximum Gasteiger partial charge on any atom is 0.277 e. The third-order valence-corrected chi connectivity index (χ3v) is 3.08. The fraction of sp³-hybridized carbons (Fsp3) is 0.0667. The van der Waals surface area contributed by atoms with Gasteiger partial charge in [0.05, 0.1) is 34.8 Å². The van der Waals surface area contributed by atoms with E-state index in [2.05, 4.69) is 10.5 Å². The molecular weight excluding hydrogens is 332 g/mol. The minimum atomic E-state index is -0.815. The van der Waals surface area contributed by atoms with Crippen molar-refractivity contribution in [1.82, 2.24) is 5.43 Å². The lowest BCUT2D eigenvalue weighted by Gasteiger charge is -2.01. The smallest absolute Gasteiger partial charge is 0.277 e. The van der Waals surface area contributed by atoms with Crippen LogP contribution in [0.15, 0.2) is 47.6 Å². The molecule has 25 heavy (non-hydrogen) atoms. The minimum Gasteiger partial charge on any atom is -0.497 e. The summed E-state index contributed by atoms with van der Waals surface area (Å²) in [5, 5.41) is 25.3. The number of hydrogen-bond acceptors (Lipinski definition) is 7. The molecule has 0 aliphatic heterocycles. The van der Waals surface area contributed by atoms with Crippen LogP contribution in [0.3, 0.4) is 0 Å². The zero-order valence-electron chi connectivity index (χ0n) is 12.9. The van der Waals surface area contributed by atoms with Gasteiger partial charge in [0.2, 0.25) is 0 Å². The Kier molecular flexibility index (Phi) is 5.36. The number of non-ortho nitro benzene ring substituents is 2. The molecule has 0 bridgehead atoms. The van der Waals surface area contributed by atoms with E-state index >= 15 is 0 Å².